The summed E-state index contributed by atoms with van der Waals surface area (Å²) in [5.41, 5.74) is 5.76. The van der Waals surface area contributed by atoms with Crippen LogP contribution in [0.4, 0.5) is 10.1 Å². The van der Waals surface area contributed by atoms with E-state index < -0.39 is 11.5 Å². The van der Waals surface area contributed by atoms with Gasteiger partial charge in [-0.15, -0.1) is 0 Å². The Morgan fingerprint density at radius 2 is 2.26 bits per heavy atom. The van der Waals surface area contributed by atoms with E-state index in [0.717, 1.165) is 10.9 Å². The number of pyridine rings is 1. The van der Waals surface area contributed by atoms with Gasteiger partial charge in [0, 0.05) is 33.6 Å². The second-order valence-electron chi connectivity index (χ2n) is 6.30. The van der Waals surface area contributed by atoms with E-state index in [2.05, 4.69) is 31.2 Å². The van der Waals surface area contributed by atoms with Crippen molar-refractivity contribution in [1.29, 1.82) is 0 Å². The molecule has 2 aliphatic heterocycles. The summed E-state index contributed by atoms with van der Waals surface area (Å²) in [6.07, 6.45) is 2.32. The quantitative estimate of drug-likeness (QED) is 0.746. The first-order valence-electron chi connectivity index (χ1n) is 8.33. The number of amides is 1. The van der Waals surface area contributed by atoms with E-state index in [4.69, 9.17) is 10.5 Å². The Balaban J connectivity index is 1.67. The molecule has 0 unspecified atom stereocenters. The van der Waals surface area contributed by atoms with E-state index >= 15 is 0 Å². The molecule has 4 rings (SSSR count). The SMILES string of the molecule is NC1=N[C@]2(c3cc(NC(=O)c4ccc(Br)cn4)ccc3F)OCC[C@@H]2CS1. The van der Waals surface area contributed by atoms with Gasteiger partial charge in [-0.3, -0.25) is 4.79 Å². The summed E-state index contributed by atoms with van der Waals surface area (Å²) in [6, 6.07) is 7.70. The van der Waals surface area contributed by atoms with Crippen LogP contribution in [0.25, 0.3) is 0 Å². The molecule has 6 nitrogen and oxygen atoms in total. The van der Waals surface area contributed by atoms with Gasteiger partial charge in [-0.1, -0.05) is 11.8 Å². The molecule has 1 aromatic heterocycles. The predicted octanol–water partition coefficient (Wildman–Crippen LogP) is 3.49. The Labute approximate surface area is 167 Å². The highest BCUT2D eigenvalue weighted by Crippen LogP contribution is 2.48. The Kier molecular flexibility index (Phi) is 4.92. The molecule has 1 amide bonds. The van der Waals surface area contributed by atoms with Crippen LogP contribution in [0.3, 0.4) is 0 Å². The van der Waals surface area contributed by atoms with Gasteiger partial charge in [-0.25, -0.2) is 14.4 Å². The van der Waals surface area contributed by atoms with E-state index in [-0.39, 0.29) is 23.1 Å². The molecule has 3 N–H and O–H groups in total. The Morgan fingerprint density at radius 1 is 1.41 bits per heavy atom. The third kappa shape index (κ3) is 3.46. The lowest BCUT2D eigenvalue weighted by Gasteiger charge is -2.34. The number of nitrogens with zero attached hydrogens (tertiary/aromatic N) is 2. The highest BCUT2D eigenvalue weighted by atomic mass is 79.9. The molecule has 0 bridgehead atoms. The highest BCUT2D eigenvalue weighted by molar-refractivity contribution is 9.10. The number of nitrogens with one attached hydrogen (secondary N) is 1. The predicted molar refractivity (Wildman–Crippen MR) is 106 cm³/mol. The molecule has 2 atom stereocenters. The first kappa shape index (κ1) is 18.4. The first-order chi connectivity index (χ1) is 13.0. The number of rotatable bonds is 3. The number of aliphatic imine (C=N–C) groups is 1. The van der Waals surface area contributed by atoms with Gasteiger partial charge in [0.1, 0.15) is 11.5 Å². The van der Waals surface area contributed by atoms with Crippen LogP contribution >= 0.6 is 27.7 Å². The van der Waals surface area contributed by atoms with Gasteiger partial charge in [0.25, 0.3) is 5.91 Å². The summed E-state index contributed by atoms with van der Waals surface area (Å²) in [7, 11) is 0. The van der Waals surface area contributed by atoms with Crippen molar-refractivity contribution in [3.63, 3.8) is 0 Å². The number of fused-ring (bicyclic) bond motifs is 1. The van der Waals surface area contributed by atoms with Gasteiger partial charge in [0.05, 0.1) is 6.61 Å². The van der Waals surface area contributed by atoms with E-state index in [1.54, 1.807) is 18.2 Å². The number of halogens is 2. The van der Waals surface area contributed by atoms with Crippen LogP contribution in [-0.2, 0) is 10.5 Å². The number of benzene rings is 1. The highest BCUT2D eigenvalue weighted by Gasteiger charge is 2.49. The number of amidine groups is 1. The van der Waals surface area contributed by atoms with Crippen molar-refractivity contribution in [1.82, 2.24) is 4.98 Å². The first-order valence-corrected chi connectivity index (χ1v) is 10.1. The Bertz CT molecular complexity index is 924. The minimum Gasteiger partial charge on any atom is -0.378 e. The Hall–Kier alpha value is -1.97. The number of thioether (sulfide) groups is 1. The topological polar surface area (TPSA) is 89.6 Å². The standard InChI is InChI=1S/C18H16BrFN4O2S/c19-11-1-4-15(22-8-11)16(25)23-12-2-3-14(20)13(7-12)18-10(5-6-26-18)9-27-17(21)24-18/h1-4,7-8,10H,5-6,9H2,(H2,21,24)(H,23,25)/t10-,18+/m1/s1. The third-order valence-corrected chi connectivity index (χ3v) is 6.05. The fraction of sp³-hybridized carbons (Fsp3) is 0.278. The van der Waals surface area contributed by atoms with Gasteiger partial charge in [-0.05, 0) is 52.7 Å². The maximum atomic E-state index is 14.7. The maximum absolute atomic E-state index is 14.7. The minimum absolute atomic E-state index is 0.0309. The summed E-state index contributed by atoms with van der Waals surface area (Å²) >= 11 is 4.73. The van der Waals surface area contributed by atoms with Crippen molar-refractivity contribution >= 4 is 44.5 Å². The largest absolute Gasteiger partial charge is 0.378 e. The molecule has 3 heterocycles. The van der Waals surface area contributed by atoms with Gasteiger partial charge < -0.3 is 15.8 Å². The smallest absolute Gasteiger partial charge is 0.274 e. The van der Waals surface area contributed by atoms with Gasteiger partial charge in [0.15, 0.2) is 10.9 Å². The molecule has 140 valence electrons. The fourth-order valence-electron chi connectivity index (χ4n) is 3.31. The number of nitrogens with two attached hydrogens (primary N) is 1. The molecule has 2 aromatic rings. The molecular weight excluding hydrogens is 435 g/mol. The van der Waals surface area contributed by atoms with Gasteiger partial charge >= 0.3 is 0 Å². The molecular formula is C18H16BrFN4O2S. The number of hydrogen-bond donors (Lipinski definition) is 2. The van der Waals surface area contributed by atoms with Crippen LogP contribution in [0.5, 0.6) is 0 Å². The zero-order valence-corrected chi connectivity index (χ0v) is 16.5. The number of ether oxygens (including phenoxy) is 1. The van der Waals surface area contributed by atoms with Crippen LogP contribution < -0.4 is 11.1 Å². The molecule has 0 aliphatic carbocycles. The third-order valence-electron chi connectivity index (χ3n) is 4.62. The number of carbonyl (C=O) groups is 1. The molecule has 0 spiro atoms. The van der Waals surface area contributed by atoms with Crippen LogP contribution in [0.2, 0.25) is 0 Å². The maximum Gasteiger partial charge on any atom is 0.274 e. The summed E-state index contributed by atoms with van der Waals surface area (Å²) in [6.45, 7) is 0.487. The minimum atomic E-state index is -1.13. The zero-order chi connectivity index (χ0) is 19.0. The van der Waals surface area contributed by atoms with E-state index in [0.29, 0.717) is 23.2 Å². The molecule has 0 saturated carbocycles. The van der Waals surface area contributed by atoms with Crippen LogP contribution in [0, 0.1) is 11.7 Å². The monoisotopic (exact) mass is 450 g/mol. The molecule has 1 fully saturated rings. The van der Waals surface area contributed by atoms with Crippen molar-refractivity contribution in [2.75, 3.05) is 17.7 Å². The van der Waals surface area contributed by atoms with Crippen molar-refractivity contribution in [2.45, 2.75) is 12.1 Å². The van der Waals surface area contributed by atoms with Crippen molar-refractivity contribution in [3.05, 3.63) is 58.1 Å². The molecule has 9 heteroatoms. The van der Waals surface area contributed by atoms with Crippen molar-refractivity contribution < 1.29 is 13.9 Å². The van der Waals surface area contributed by atoms with Crippen LogP contribution in [0.1, 0.15) is 22.5 Å². The summed E-state index contributed by atoms with van der Waals surface area (Å²) in [5, 5.41) is 3.12. The lowest BCUT2D eigenvalue weighted by atomic mass is 9.89. The molecule has 0 radical (unpaired) electrons. The molecule has 27 heavy (non-hydrogen) atoms. The molecule has 1 aromatic carbocycles. The number of carbonyl (C=O) groups excluding carboxylic acids is 1. The average molecular weight is 451 g/mol. The van der Waals surface area contributed by atoms with Crippen molar-refractivity contribution in [3.8, 4) is 0 Å². The van der Waals surface area contributed by atoms with E-state index in [1.165, 1.54) is 30.1 Å². The van der Waals surface area contributed by atoms with Crippen LogP contribution in [-0.4, -0.2) is 28.4 Å². The normalized spacial score (nSPS) is 24.2. The second kappa shape index (κ2) is 7.21. The van der Waals surface area contributed by atoms with Crippen molar-refractivity contribution in [2.24, 2.45) is 16.6 Å². The lowest BCUT2D eigenvalue weighted by molar-refractivity contribution is -0.0170. The summed E-state index contributed by atoms with van der Waals surface area (Å²) in [5.74, 6) is -0.0778. The van der Waals surface area contributed by atoms with Gasteiger partial charge in [-0.2, -0.15) is 0 Å². The molecule has 2 aliphatic rings. The number of hydrogen-bond acceptors (Lipinski definition) is 6. The fourth-order valence-corrected chi connectivity index (χ4v) is 4.51. The lowest BCUT2D eigenvalue weighted by Crippen LogP contribution is -2.38. The number of aromatic nitrogens is 1. The van der Waals surface area contributed by atoms with Gasteiger partial charge in [0.2, 0.25) is 0 Å². The van der Waals surface area contributed by atoms with Crippen LogP contribution in [0.15, 0.2) is 46.0 Å². The number of anilines is 1. The molecule has 1 saturated heterocycles. The van der Waals surface area contributed by atoms with E-state index in [9.17, 15) is 9.18 Å². The summed E-state index contributed by atoms with van der Waals surface area (Å²) < 4.78 is 21.4. The summed E-state index contributed by atoms with van der Waals surface area (Å²) in [4.78, 5) is 20.9. The average Bonchev–Trinajstić information content (AvgIpc) is 3.07. The zero-order valence-electron chi connectivity index (χ0n) is 14.1. The van der Waals surface area contributed by atoms with E-state index in [1.807, 2.05) is 0 Å². The Morgan fingerprint density at radius 3 is 3.04 bits per heavy atom. The second-order valence-corrected chi connectivity index (χ2v) is 8.26.